The number of carbonyl (C=O) groups is 2. The summed E-state index contributed by atoms with van der Waals surface area (Å²) in [4.78, 5) is 25.2. The van der Waals surface area contributed by atoms with Gasteiger partial charge in [0, 0.05) is 13.1 Å². The van der Waals surface area contributed by atoms with Crippen LogP contribution in [0.5, 0.6) is 0 Å². The first kappa shape index (κ1) is 22.7. The molecule has 6 nitrogen and oxygen atoms in total. The van der Waals surface area contributed by atoms with Crippen molar-refractivity contribution in [3.05, 3.63) is 35.4 Å². The Hall–Kier alpha value is -1.34. The van der Waals surface area contributed by atoms with Crippen molar-refractivity contribution >= 4 is 36.6 Å². The van der Waals surface area contributed by atoms with Gasteiger partial charge in [0.05, 0.1) is 13.1 Å². The number of nitrogens with one attached hydrogen (secondary N) is 2. The smallest absolute Gasteiger partial charge is 0.239 e. The van der Waals surface area contributed by atoms with E-state index in [1.165, 1.54) is 18.4 Å². The molecule has 0 aromatic heterocycles. The van der Waals surface area contributed by atoms with Crippen LogP contribution in [-0.2, 0) is 22.7 Å². The number of hydrogen-bond acceptors (Lipinski definition) is 4. The van der Waals surface area contributed by atoms with Gasteiger partial charge in [0.2, 0.25) is 11.8 Å². The van der Waals surface area contributed by atoms with Gasteiger partial charge in [-0.1, -0.05) is 24.3 Å². The average Bonchev–Trinajstić information content (AvgIpc) is 3.04. The summed E-state index contributed by atoms with van der Waals surface area (Å²) in [5.74, 6) is -0.539. The molecule has 0 spiro atoms. The molecule has 24 heavy (non-hydrogen) atoms. The Bertz CT molecular complexity index is 523. The zero-order valence-electron chi connectivity index (χ0n) is 13.6. The predicted molar refractivity (Wildman–Crippen MR) is 99.4 cm³/mol. The lowest BCUT2D eigenvalue weighted by Gasteiger charge is -2.17. The van der Waals surface area contributed by atoms with E-state index in [1.54, 1.807) is 0 Å². The van der Waals surface area contributed by atoms with Gasteiger partial charge in [-0.3, -0.25) is 14.5 Å². The first-order chi connectivity index (χ1) is 10.7. The molecular formula is C16H26Cl2N4O2. The molecule has 136 valence electrons. The summed E-state index contributed by atoms with van der Waals surface area (Å²) in [5, 5.41) is 5.29. The van der Waals surface area contributed by atoms with E-state index in [1.807, 2.05) is 18.2 Å². The lowest BCUT2D eigenvalue weighted by molar-refractivity contribution is -0.125. The highest BCUT2D eigenvalue weighted by molar-refractivity contribution is 5.86. The summed E-state index contributed by atoms with van der Waals surface area (Å²) < 4.78 is 0. The van der Waals surface area contributed by atoms with E-state index in [9.17, 15) is 9.59 Å². The van der Waals surface area contributed by atoms with Crippen molar-refractivity contribution in [2.75, 3.05) is 26.2 Å². The van der Waals surface area contributed by atoms with Crippen LogP contribution < -0.4 is 16.4 Å². The molecule has 1 saturated heterocycles. The third-order valence-electron chi connectivity index (χ3n) is 3.82. The summed E-state index contributed by atoms with van der Waals surface area (Å²) in [6.07, 6.45) is 2.53. The minimum atomic E-state index is -0.329. The van der Waals surface area contributed by atoms with Crippen LogP contribution in [0.3, 0.4) is 0 Å². The summed E-state index contributed by atoms with van der Waals surface area (Å²) in [6, 6.07) is 8.14. The topological polar surface area (TPSA) is 87.5 Å². The molecule has 0 bridgehead atoms. The Balaban J connectivity index is 0.00000264. The van der Waals surface area contributed by atoms with E-state index in [-0.39, 0.29) is 49.7 Å². The highest BCUT2D eigenvalue weighted by Crippen LogP contribution is 2.15. The first-order valence-corrected chi connectivity index (χ1v) is 7.71. The van der Waals surface area contributed by atoms with Crippen LogP contribution in [0.15, 0.2) is 24.3 Å². The molecule has 1 aromatic carbocycles. The average molecular weight is 377 g/mol. The first-order valence-electron chi connectivity index (χ1n) is 7.71. The van der Waals surface area contributed by atoms with Crippen LogP contribution >= 0.6 is 24.8 Å². The molecule has 0 atom stereocenters. The van der Waals surface area contributed by atoms with Crippen LogP contribution in [0.25, 0.3) is 0 Å². The molecule has 1 fully saturated rings. The summed E-state index contributed by atoms with van der Waals surface area (Å²) in [6.45, 7) is 3.55. The van der Waals surface area contributed by atoms with Gasteiger partial charge < -0.3 is 16.4 Å². The van der Waals surface area contributed by atoms with Crippen molar-refractivity contribution in [1.82, 2.24) is 15.5 Å². The lowest BCUT2D eigenvalue weighted by atomic mass is 10.1. The molecule has 2 amide bonds. The Morgan fingerprint density at radius 3 is 2.25 bits per heavy atom. The van der Waals surface area contributed by atoms with E-state index in [0.29, 0.717) is 6.54 Å². The van der Waals surface area contributed by atoms with Gasteiger partial charge >= 0.3 is 0 Å². The Morgan fingerprint density at radius 1 is 1.00 bits per heavy atom. The second-order valence-corrected chi connectivity index (χ2v) is 5.51. The highest BCUT2D eigenvalue weighted by Gasteiger charge is 2.13. The number of nitrogens with two attached hydrogens (primary N) is 1. The maximum Gasteiger partial charge on any atom is 0.239 e. The molecular weight excluding hydrogens is 351 g/mol. The van der Waals surface area contributed by atoms with Gasteiger partial charge in [0.15, 0.2) is 0 Å². The standard InChI is InChI=1S/C16H24N4O2.2ClH/c17-9-15(21)19-11-16(22)18-10-13-5-1-2-6-14(13)12-20-7-3-4-8-20;;/h1-2,5-6H,3-4,7-12,17H2,(H,18,22)(H,19,21);2*1H. The third kappa shape index (κ3) is 7.49. The van der Waals surface area contributed by atoms with Gasteiger partial charge in [-0.25, -0.2) is 0 Å². The second kappa shape index (κ2) is 12.1. The van der Waals surface area contributed by atoms with Crippen molar-refractivity contribution in [3.8, 4) is 0 Å². The van der Waals surface area contributed by atoms with Crippen molar-refractivity contribution in [3.63, 3.8) is 0 Å². The van der Waals surface area contributed by atoms with Crippen molar-refractivity contribution in [2.45, 2.75) is 25.9 Å². The SMILES string of the molecule is Cl.Cl.NCC(=O)NCC(=O)NCc1ccccc1CN1CCCC1. The van der Waals surface area contributed by atoms with Crippen LogP contribution in [0.2, 0.25) is 0 Å². The van der Waals surface area contributed by atoms with Gasteiger partial charge in [-0.15, -0.1) is 24.8 Å². The van der Waals surface area contributed by atoms with E-state index in [0.717, 1.165) is 25.2 Å². The minimum absolute atomic E-state index is 0. The molecule has 1 aliphatic heterocycles. The fraction of sp³-hybridized carbons (Fsp3) is 0.500. The summed E-state index contributed by atoms with van der Waals surface area (Å²) >= 11 is 0. The number of benzene rings is 1. The zero-order valence-corrected chi connectivity index (χ0v) is 15.3. The van der Waals surface area contributed by atoms with Gasteiger partial charge in [0.1, 0.15) is 0 Å². The number of nitrogens with zero attached hydrogens (tertiary/aromatic N) is 1. The molecule has 0 saturated carbocycles. The number of amides is 2. The largest absolute Gasteiger partial charge is 0.350 e. The van der Waals surface area contributed by atoms with Crippen molar-refractivity contribution in [1.29, 1.82) is 0 Å². The highest BCUT2D eigenvalue weighted by atomic mass is 35.5. The third-order valence-corrected chi connectivity index (χ3v) is 3.82. The van der Waals surface area contributed by atoms with Crippen LogP contribution in [0, 0.1) is 0 Å². The van der Waals surface area contributed by atoms with Crippen LogP contribution in [-0.4, -0.2) is 42.9 Å². The maximum atomic E-state index is 11.7. The number of likely N-dealkylation sites (tertiary alicyclic amines) is 1. The Kier molecular flexibility index (Phi) is 11.4. The molecule has 0 radical (unpaired) electrons. The van der Waals surface area contributed by atoms with Gasteiger partial charge in [-0.2, -0.15) is 0 Å². The molecule has 1 aliphatic rings. The molecule has 1 heterocycles. The van der Waals surface area contributed by atoms with E-state index in [2.05, 4.69) is 21.6 Å². The van der Waals surface area contributed by atoms with Crippen molar-refractivity contribution < 1.29 is 9.59 Å². The summed E-state index contributed by atoms with van der Waals surface area (Å²) in [7, 11) is 0. The van der Waals surface area contributed by atoms with Crippen LogP contribution in [0.1, 0.15) is 24.0 Å². The quantitative estimate of drug-likeness (QED) is 0.657. The van der Waals surface area contributed by atoms with Crippen LogP contribution in [0.4, 0.5) is 0 Å². The van der Waals surface area contributed by atoms with Crippen molar-refractivity contribution in [2.24, 2.45) is 5.73 Å². The molecule has 8 heteroatoms. The molecule has 4 N–H and O–H groups in total. The summed E-state index contributed by atoms with van der Waals surface area (Å²) in [5.41, 5.74) is 7.54. The number of carbonyl (C=O) groups excluding carboxylic acids is 2. The lowest BCUT2D eigenvalue weighted by Crippen LogP contribution is -2.39. The Morgan fingerprint density at radius 2 is 1.62 bits per heavy atom. The minimum Gasteiger partial charge on any atom is -0.350 e. The number of hydrogen-bond donors (Lipinski definition) is 3. The normalized spacial score (nSPS) is 13.5. The fourth-order valence-electron chi connectivity index (χ4n) is 2.57. The monoisotopic (exact) mass is 376 g/mol. The second-order valence-electron chi connectivity index (χ2n) is 5.51. The van der Waals surface area contributed by atoms with Gasteiger partial charge in [-0.05, 0) is 37.1 Å². The van der Waals surface area contributed by atoms with E-state index >= 15 is 0 Å². The molecule has 0 unspecified atom stereocenters. The Labute approximate surface area is 155 Å². The van der Waals surface area contributed by atoms with E-state index in [4.69, 9.17) is 5.73 Å². The molecule has 0 aliphatic carbocycles. The number of rotatable bonds is 7. The van der Waals surface area contributed by atoms with Gasteiger partial charge in [0.25, 0.3) is 0 Å². The number of halogens is 2. The molecule has 1 aromatic rings. The molecule has 2 rings (SSSR count). The zero-order chi connectivity index (χ0) is 15.8. The maximum absolute atomic E-state index is 11.7. The predicted octanol–water partition coefficient (Wildman–Crippen LogP) is 0.817. The van der Waals surface area contributed by atoms with E-state index < -0.39 is 0 Å². The fourth-order valence-corrected chi connectivity index (χ4v) is 2.57.